The zero-order chi connectivity index (χ0) is 14.4. The van der Waals surface area contributed by atoms with Crippen LogP contribution in [0.5, 0.6) is 0 Å². The lowest BCUT2D eigenvalue weighted by atomic mass is 9.86. The predicted molar refractivity (Wildman–Crippen MR) is 87.5 cm³/mol. The number of likely N-dealkylation sites (N-methyl/N-ethyl adjacent to an activating group) is 1. The summed E-state index contributed by atoms with van der Waals surface area (Å²) >= 11 is 6.29. The van der Waals surface area contributed by atoms with Crippen molar-refractivity contribution in [1.29, 1.82) is 0 Å². The molecule has 0 bridgehead atoms. The predicted octanol–water partition coefficient (Wildman–Crippen LogP) is 4.66. The van der Waals surface area contributed by atoms with Crippen LogP contribution in [0.15, 0.2) is 54.6 Å². The number of hydrogen-bond donors (Lipinski definition) is 1. The third kappa shape index (κ3) is 3.62. The van der Waals surface area contributed by atoms with Crippen LogP contribution >= 0.6 is 11.6 Å². The van der Waals surface area contributed by atoms with Gasteiger partial charge in [-0.05, 0) is 43.0 Å². The van der Waals surface area contributed by atoms with Crippen molar-refractivity contribution < 1.29 is 0 Å². The fourth-order valence-electron chi connectivity index (χ4n) is 2.80. The molecule has 1 nitrogen and oxygen atoms in total. The molecule has 20 heavy (non-hydrogen) atoms. The van der Waals surface area contributed by atoms with Crippen molar-refractivity contribution in [2.45, 2.75) is 31.7 Å². The van der Waals surface area contributed by atoms with Gasteiger partial charge < -0.3 is 5.32 Å². The van der Waals surface area contributed by atoms with Gasteiger partial charge in [-0.1, -0.05) is 67.1 Å². The molecular formula is C18H22ClN. The number of halogens is 1. The van der Waals surface area contributed by atoms with Gasteiger partial charge in [0.15, 0.2) is 0 Å². The average molecular weight is 288 g/mol. The first kappa shape index (κ1) is 15.1. The summed E-state index contributed by atoms with van der Waals surface area (Å²) < 4.78 is 0. The molecule has 0 saturated heterocycles. The van der Waals surface area contributed by atoms with Gasteiger partial charge in [-0.25, -0.2) is 0 Å². The molecule has 0 aliphatic rings. The Hall–Kier alpha value is -1.31. The zero-order valence-corrected chi connectivity index (χ0v) is 12.9. The monoisotopic (exact) mass is 287 g/mol. The molecule has 2 rings (SSSR count). The topological polar surface area (TPSA) is 12.0 Å². The van der Waals surface area contributed by atoms with Gasteiger partial charge in [-0.3, -0.25) is 0 Å². The van der Waals surface area contributed by atoms with E-state index in [1.807, 2.05) is 19.2 Å². The summed E-state index contributed by atoms with van der Waals surface area (Å²) in [5.74, 6) is 0.498. The molecule has 2 aromatic carbocycles. The second kappa shape index (κ2) is 7.47. The third-order valence-corrected chi connectivity index (χ3v) is 4.29. The fraction of sp³-hybridized carbons (Fsp3) is 0.333. The van der Waals surface area contributed by atoms with E-state index in [4.69, 9.17) is 11.6 Å². The minimum Gasteiger partial charge on any atom is -0.316 e. The maximum absolute atomic E-state index is 6.29. The van der Waals surface area contributed by atoms with Crippen molar-refractivity contribution >= 4 is 11.6 Å². The van der Waals surface area contributed by atoms with Gasteiger partial charge in [0, 0.05) is 11.1 Å². The van der Waals surface area contributed by atoms with Crippen molar-refractivity contribution in [2.75, 3.05) is 7.05 Å². The summed E-state index contributed by atoms with van der Waals surface area (Å²) in [6, 6.07) is 19.2. The molecule has 2 atom stereocenters. The van der Waals surface area contributed by atoms with Crippen LogP contribution < -0.4 is 5.32 Å². The molecule has 0 fully saturated rings. The van der Waals surface area contributed by atoms with E-state index in [0.29, 0.717) is 12.0 Å². The highest BCUT2D eigenvalue weighted by molar-refractivity contribution is 6.31. The highest BCUT2D eigenvalue weighted by atomic mass is 35.5. The molecule has 2 unspecified atom stereocenters. The Morgan fingerprint density at radius 3 is 2.25 bits per heavy atom. The largest absolute Gasteiger partial charge is 0.316 e. The van der Waals surface area contributed by atoms with Crippen LogP contribution in [0, 0.1) is 0 Å². The molecule has 0 aliphatic carbocycles. The first-order valence-corrected chi connectivity index (χ1v) is 7.59. The molecular weight excluding hydrogens is 266 g/mol. The number of nitrogens with one attached hydrogen (secondary N) is 1. The molecule has 2 aromatic rings. The highest BCUT2D eigenvalue weighted by Crippen LogP contribution is 2.27. The highest BCUT2D eigenvalue weighted by Gasteiger charge is 2.21. The van der Waals surface area contributed by atoms with E-state index in [1.54, 1.807) is 0 Å². The third-order valence-electron chi connectivity index (χ3n) is 3.92. The van der Waals surface area contributed by atoms with Crippen LogP contribution in [0.3, 0.4) is 0 Å². The summed E-state index contributed by atoms with van der Waals surface area (Å²) in [5, 5.41) is 4.33. The Labute approximate surface area is 127 Å². The van der Waals surface area contributed by atoms with Crippen LogP contribution in [0.25, 0.3) is 0 Å². The van der Waals surface area contributed by atoms with Crippen LogP contribution in [-0.4, -0.2) is 13.1 Å². The van der Waals surface area contributed by atoms with E-state index in [2.05, 4.69) is 54.7 Å². The van der Waals surface area contributed by atoms with Gasteiger partial charge in [-0.2, -0.15) is 0 Å². The van der Waals surface area contributed by atoms with Gasteiger partial charge in [-0.15, -0.1) is 0 Å². The molecule has 106 valence electrons. The Bertz CT molecular complexity index is 524. The van der Waals surface area contributed by atoms with E-state index in [0.717, 1.165) is 17.9 Å². The standard InChI is InChI=1S/C18H22ClN/c1-3-16(14-9-5-4-6-10-14)18(20-2)13-15-11-7-8-12-17(15)19/h4-12,16,18,20H,3,13H2,1-2H3. The molecule has 0 aromatic heterocycles. The van der Waals surface area contributed by atoms with E-state index < -0.39 is 0 Å². The smallest absolute Gasteiger partial charge is 0.0438 e. The molecule has 0 saturated carbocycles. The maximum Gasteiger partial charge on any atom is 0.0438 e. The summed E-state index contributed by atoms with van der Waals surface area (Å²) in [5.41, 5.74) is 2.60. The maximum atomic E-state index is 6.29. The number of hydrogen-bond acceptors (Lipinski definition) is 1. The van der Waals surface area contributed by atoms with Gasteiger partial charge in [0.25, 0.3) is 0 Å². The Balaban J connectivity index is 2.20. The lowest BCUT2D eigenvalue weighted by Crippen LogP contribution is -2.34. The van der Waals surface area contributed by atoms with Gasteiger partial charge in [0.05, 0.1) is 0 Å². The lowest BCUT2D eigenvalue weighted by molar-refractivity contribution is 0.448. The summed E-state index contributed by atoms with van der Waals surface area (Å²) in [6.45, 7) is 2.24. The lowest BCUT2D eigenvalue weighted by Gasteiger charge is -2.27. The summed E-state index contributed by atoms with van der Waals surface area (Å²) in [4.78, 5) is 0. The SMILES string of the molecule is CCC(c1ccccc1)C(Cc1ccccc1Cl)NC. The minimum atomic E-state index is 0.391. The zero-order valence-electron chi connectivity index (χ0n) is 12.1. The van der Waals surface area contributed by atoms with E-state index >= 15 is 0 Å². The van der Waals surface area contributed by atoms with Crippen LogP contribution in [0.4, 0.5) is 0 Å². The second-order valence-electron chi connectivity index (χ2n) is 5.12. The molecule has 0 heterocycles. The molecule has 0 radical (unpaired) electrons. The second-order valence-corrected chi connectivity index (χ2v) is 5.52. The number of benzene rings is 2. The summed E-state index contributed by atoms with van der Waals surface area (Å²) in [7, 11) is 2.03. The van der Waals surface area contributed by atoms with Crippen molar-refractivity contribution in [3.8, 4) is 0 Å². The first-order chi connectivity index (χ1) is 9.76. The van der Waals surface area contributed by atoms with Gasteiger partial charge in [0.2, 0.25) is 0 Å². The normalized spacial score (nSPS) is 13.9. The summed E-state index contributed by atoms with van der Waals surface area (Å²) in [6.07, 6.45) is 2.06. The van der Waals surface area contributed by atoms with Crippen LogP contribution in [0.1, 0.15) is 30.4 Å². The van der Waals surface area contributed by atoms with Crippen molar-refractivity contribution in [3.05, 3.63) is 70.7 Å². The van der Waals surface area contributed by atoms with E-state index in [1.165, 1.54) is 11.1 Å². The van der Waals surface area contributed by atoms with E-state index in [-0.39, 0.29) is 0 Å². The Morgan fingerprint density at radius 1 is 1.00 bits per heavy atom. The van der Waals surface area contributed by atoms with Crippen LogP contribution in [0.2, 0.25) is 5.02 Å². The van der Waals surface area contributed by atoms with Crippen molar-refractivity contribution in [2.24, 2.45) is 0 Å². The Kier molecular flexibility index (Phi) is 5.63. The first-order valence-electron chi connectivity index (χ1n) is 7.21. The number of rotatable bonds is 6. The van der Waals surface area contributed by atoms with Crippen LogP contribution in [-0.2, 0) is 6.42 Å². The molecule has 1 N–H and O–H groups in total. The fourth-order valence-corrected chi connectivity index (χ4v) is 3.01. The molecule has 0 amide bonds. The molecule has 0 aliphatic heterocycles. The van der Waals surface area contributed by atoms with Crippen molar-refractivity contribution in [3.63, 3.8) is 0 Å². The van der Waals surface area contributed by atoms with Crippen molar-refractivity contribution in [1.82, 2.24) is 5.32 Å². The molecule has 2 heteroatoms. The Morgan fingerprint density at radius 2 is 1.65 bits per heavy atom. The van der Waals surface area contributed by atoms with Gasteiger partial charge in [0.1, 0.15) is 0 Å². The molecule has 0 spiro atoms. The minimum absolute atomic E-state index is 0.391. The quantitative estimate of drug-likeness (QED) is 0.814. The van der Waals surface area contributed by atoms with Gasteiger partial charge >= 0.3 is 0 Å². The average Bonchev–Trinajstić information content (AvgIpc) is 2.50. The van der Waals surface area contributed by atoms with E-state index in [9.17, 15) is 0 Å².